The summed E-state index contributed by atoms with van der Waals surface area (Å²) in [5, 5.41) is 0. The van der Waals surface area contributed by atoms with E-state index < -0.39 is 0 Å². The third-order valence-corrected chi connectivity index (χ3v) is 3.56. The van der Waals surface area contributed by atoms with E-state index in [4.69, 9.17) is 5.73 Å². The highest BCUT2D eigenvalue weighted by Crippen LogP contribution is 2.32. The molecule has 4 heteroatoms. The molecule has 1 spiro atoms. The van der Waals surface area contributed by atoms with Crippen LogP contribution in [0.3, 0.4) is 0 Å². The van der Waals surface area contributed by atoms with Gasteiger partial charge in [0.2, 0.25) is 0 Å². The van der Waals surface area contributed by atoms with Gasteiger partial charge < -0.3 is 15.5 Å². The lowest BCUT2D eigenvalue weighted by Crippen LogP contribution is -2.61. The van der Waals surface area contributed by atoms with Gasteiger partial charge in [-0.25, -0.2) is 0 Å². The fourth-order valence-corrected chi connectivity index (χ4v) is 3.10. The van der Waals surface area contributed by atoms with Crippen LogP contribution in [0.5, 0.6) is 0 Å². The van der Waals surface area contributed by atoms with Gasteiger partial charge >= 0.3 is 0 Å². The summed E-state index contributed by atoms with van der Waals surface area (Å²) >= 11 is 0. The van der Waals surface area contributed by atoms with Crippen molar-refractivity contribution < 1.29 is 0 Å². The van der Waals surface area contributed by atoms with E-state index in [1.807, 2.05) is 0 Å². The number of nitrogens with two attached hydrogens (primary N) is 1. The number of likely N-dealkylation sites (tertiary alicyclic amines) is 1. The number of aliphatic imine (C=N–C) groups is 1. The third-order valence-electron chi connectivity index (χ3n) is 3.56. The van der Waals surface area contributed by atoms with E-state index in [1.165, 1.54) is 19.4 Å². The molecule has 15 heavy (non-hydrogen) atoms. The van der Waals surface area contributed by atoms with Crippen molar-refractivity contribution in [3.8, 4) is 0 Å². The number of nitrogens with zero attached hydrogens (tertiary/aromatic N) is 3. The summed E-state index contributed by atoms with van der Waals surface area (Å²) in [6, 6.07) is 0.447. The number of piperidine rings is 1. The molecule has 1 atom stereocenters. The zero-order valence-corrected chi connectivity index (χ0v) is 10.0. The van der Waals surface area contributed by atoms with Crippen LogP contribution in [0.2, 0.25) is 0 Å². The molecule has 1 saturated heterocycles. The van der Waals surface area contributed by atoms with Crippen LogP contribution in [0.1, 0.15) is 26.7 Å². The summed E-state index contributed by atoms with van der Waals surface area (Å²) in [5.74, 6) is 0.736. The Balaban J connectivity index is 2.21. The Bertz CT molecular complexity index is 274. The summed E-state index contributed by atoms with van der Waals surface area (Å²) in [5.41, 5.74) is 6.17. The molecule has 0 aromatic heterocycles. The number of likely N-dealkylation sites (N-methyl/N-ethyl adjacent to an activating group) is 1. The van der Waals surface area contributed by atoms with Crippen molar-refractivity contribution in [3.63, 3.8) is 0 Å². The van der Waals surface area contributed by atoms with Gasteiger partial charge in [-0.3, -0.25) is 4.99 Å². The maximum atomic E-state index is 5.99. The van der Waals surface area contributed by atoms with E-state index in [9.17, 15) is 0 Å². The number of hydrogen-bond acceptors (Lipinski definition) is 4. The van der Waals surface area contributed by atoms with Crippen LogP contribution < -0.4 is 5.73 Å². The zero-order valence-electron chi connectivity index (χ0n) is 10.0. The van der Waals surface area contributed by atoms with Crippen molar-refractivity contribution in [2.75, 3.05) is 26.7 Å². The molecule has 2 N–H and O–H groups in total. The van der Waals surface area contributed by atoms with Crippen molar-refractivity contribution in [2.24, 2.45) is 10.7 Å². The average molecular weight is 210 g/mol. The van der Waals surface area contributed by atoms with Gasteiger partial charge in [-0.2, -0.15) is 0 Å². The van der Waals surface area contributed by atoms with Gasteiger partial charge in [0.1, 0.15) is 0 Å². The lowest BCUT2D eigenvalue weighted by Gasteiger charge is -2.47. The van der Waals surface area contributed by atoms with Crippen molar-refractivity contribution in [2.45, 2.75) is 38.3 Å². The monoisotopic (exact) mass is 210 g/mol. The normalized spacial score (nSPS) is 32.8. The smallest absolute Gasteiger partial charge is 0.192 e. The lowest BCUT2D eigenvalue weighted by atomic mass is 9.87. The van der Waals surface area contributed by atoms with Crippen molar-refractivity contribution in [1.82, 2.24) is 9.80 Å². The van der Waals surface area contributed by atoms with Crippen molar-refractivity contribution in [1.29, 1.82) is 0 Å². The largest absolute Gasteiger partial charge is 0.370 e. The first kappa shape index (κ1) is 10.7. The minimum atomic E-state index is 0.186. The number of hydrogen-bond donors (Lipinski definition) is 1. The minimum Gasteiger partial charge on any atom is -0.370 e. The zero-order chi connectivity index (χ0) is 11.1. The Morgan fingerprint density at radius 3 is 2.80 bits per heavy atom. The number of guanidine groups is 1. The van der Waals surface area contributed by atoms with Gasteiger partial charge in [-0.1, -0.05) is 0 Å². The quantitative estimate of drug-likeness (QED) is 0.685. The molecule has 0 saturated carbocycles. The van der Waals surface area contributed by atoms with E-state index in [-0.39, 0.29) is 5.54 Å². The Morgan fingerprint density at radius 2 is 2.20 bits per heavy atom. The first-order valence-corrected chi connectivity index (χ1v) is 5.83. The van der Waals surface area contributed by atoms with Crippen LogP contribution in [0, 0.1) is 0 Å². The second-order valence-corrected chi connectivity index (χ2v) is 5.20. The van der Waals surface area contributed by atoms with E-state index in [2.05, 4.69) is 35.7 Å². The molecule has 1 fully saturated rings. The van der Waals surface area contributed by atoms with Crippen LogP contribution >= 0.6 is 0 Å². The maximum Gasteiger partial charge on any atom is 0.192 e. The Labute approximate surface area is 92.1 Å². The standard InChI is InChI=1S/C11H22N4/c1-9(2)15-10(12)13-7-11(15)5-4-6-14(3)8-11/h9H,4-8H2,1-3H3,(H2,12,13). The van der Waals surface area contributed by atoms with Crippen LogP contribution in [0.15, 0.2) is 4.99 Å². The SMILES string of the molecule is CC(C)N1C(N)=NCC12CCCN(C)C2. The lowest BCUT2D eigenvalue weighted by molar-refractivity contribution is 0.0707. The molecule has 2 heterocycles. The highest BCUT2D eigenvalue weighted by molar-refractivity contribution is 5.81. The molecule has 0 aromatic rings. The summed E-state index contributed by atoms with van der Waals surface area (Å²) < 4.78 is 0. The Kier molecular flexibility index (Phi) is 2.63. The fourth-order valence-electron chi connectivity index (χ4n) is 3.10. The van der Waals surface area contributed by atoms with Crippen LogP contribution in [0.4, 0.5) is 0 Å². The first-order chi connectivity index (χ1) is 7.05. The molecule has 86 valence electrons. The van der Waals surface area contributed by atoms with Crippen molar-refractivity contribution in [3.05, 3.63) is 0 Å². The van der Waals surface area contributed by atoms with E-state index in [0.29, 0.717) is 6.04 Å². The third kappa shape index (κ3) is 1.71. The molecule has 0 amide bonds. The topological polar surface area (TPSA) is 44.9 Å². The highest BCUT2D eigenvalue weighted by atomic mass is 15.4. The summed E-state index contributed by atoms with van der Waals surface area (Å²) in [6.45, 7) is 7.57. The van der Waals surface area contributed by atoms with Gasteiger partial charge in [-0.05, 0) is 40.3 Å². The molecular formula is C11H22N4. The molecule has 2 rings (SSSR count). The second-order valence-electron chi connectivity index (χ2n) is 5.20. The van der Waals surface area contributed by atoms with Crippen molar-refractivity contribution >= 4 is 5.96 Å². The Hall–Kier alpha value is -0.770. The second kappa shape index (κ2) is 3.67. The van der Waals surface area contributed by atoms with E-state index in [1.54, 1.807) is 0 Å². The average Bonchev–Trinajstić information content (AvgIpc) is 2.43. The van der Waals surface area contributed by atoms with Gasteiger partial charge in [0, 0.05) is 12.6 Å². The molecular weight excluding hydrogens is 188 g/mol. The van der Waals surface area contributed by atoms with Crippen LogP contribution in [0.25, 0.3) is 0 Å². The summed E-state index contributed by atoms with van der Waals surface area (Å²) in [6.07, 6.45) is 2.47. The van der Waals surface area contributed by atoms with Gasteiger partial charge in [0.15, 0.2) is 5.96 Å². The predicted octanol–water partition coefficient (Wildman–Crippen LogP) is 0.490. The van der Waals surface area contributed by atoms with Gasteiger partial charge in [-0.15, -0.1) is 0 Å². The fraction of sp³-hybridized carbons (Fsp3) is 0.909. The molecule has 0 aliphatic carbocycles. The molecule has 0 bridgehead atoms. The Morgan fingerprint density at radius 1 is 1.47 bits per heavy atom. The molecule has 4 nitrogen and oxygen atoms in total. The van der Waals surface area contributed by atoms with E-state index in [0.717, 1.165) is 19.0 Å². The summed E-state index contributed by atoms with van der Waals surface area (Å²) in [7, 11) is 2.19. The molecule has 2 aliphatic rings. The molecule has 1 unspecified atom stereocenters. The molecule has 2 aliphatic heterocycles. The highest BCUT2D eigenvalue weighted by Gasteiger charge is 2.45. The number of rotatable bonds is 1. The minimum absolute atomic E-state index is 0.186. The van der Waals surface area contributed by atoms with Gasteiger partial charge in [0.25, 0.3) is 0 Å². The predicted molar refractivity (Wildman–Crippen MR) is 62.9 cm³/mol. The van der Waals surface area contributed by atoms with Crippen LogP contribution in [-0.4, -0.2) is 54.0 Å². The summed E-state index contributed by atoms with van der Waals surface area (Å²) in [4.78, 5) is 9.16. The van der Waals surface area contributed by atoms with E-state index >= 15 is 0 Å². The first-order valence-electron chi connectivity index (χ1n) is 5.83. The molecule has 0 aromatic carbocycles. The molecule has 0 radical (unpaired) electrons. The van der Waals surface area contributed by atoms with Gasteiger partial charge in [0.05, 0.1) is 12.1 Å². The van der Waals surface area contributed by atoms with Crippen LogP contribution in [-0.2, 0) is 0 Å². The maximum absolute atomic E-state index is 5.99.